The molecule has 0 bridgehead atoms. The molecule has 142 valence electrons. The van der Waals surface area contributed by atoms with Crippen LogP contribution in [0.15, 0.2) is 31.6 Å². The molecule has 0 aromatic carbocycles. The molecule has 7 nitrogen and oxygen atoms in total. The van der Waals surface area contributed by atoms with E-state index in [4.69, 9.17) is 0 Å². The van der Waals surface area contributed by atoms with E-state index in [9.17, 15) is 19.2 Å². The summed E-state index contributed by atoms with van der Waals surface area (Å²) in [7, 11) is 2.83. The molecule has 0 spiro atoms. The zero-order valence-electron chi connectivity index (χ0n) is 15.2. The Morgan fingerprint density at radius 3 is 2.43 bits per heavy atom. The lowest BCUT2D eigenvalue weighted by Gasteiger charge is -2.20. The molecule has 3 heterocycles. The maximum Gasteiger partial charge on any atom is 0.332 e. The highest BCUT2D eigenvalue weighted by Gasteiger charge is 2.34. The van der Waals surface area contributed by atoms with Crippen molar-refractivity contribution in [2.75, 3.05) is 0 Å². The van der Waals surface area contributed by atoms with Gasteiger partial charge in [-0.15, -0.1) is 11.3 Å². The molecule has 1 aliphatic rings. The highest BCUT2D eigenvalue weighted by Crippen LogP contribution is 2.35. The second kappa shape index (κ2) is 6.46. The molecule has 0 aliphatic heterocycles. The lowest BCUT2D eigenvalue weighted by Crippen LogP contribution is -2.39. The van der Waals surface area contributed by atoms with Crippen LogP contribution in [0.3, 0.4) is 0 Å². The summed E-state index contributed by atoms with van der Waals surface area (Å²) in [6, 6.07) is 1.77. The van der Waals surface area contributed by atoms with Crippen molar-refractivity contribution in [3.05, 3.63) is 64.5 Å². The van der Waals surface area contributed by atoms with E-state index >= 15 is 0 Å². The average Bonchev–Trinajstić information content (AvgIpc) is 3.11. The second-order valence-corrected chi connectivity index (χ2v) is 8.27. The van der Waals surface area contributed by atoms with Crippen LogP contribution in [0.1, 0.15) is 38.2 Å². The van der Waals surface area contributed by atoms with Gasteiger partial charge in [0.1, 0.15) is 5.65 Å². The lowest BCUT2D eigenvalue weighted by molar-refractivity contribution is 0.100. The fourth-order valence-electron chi connectivity index (χ4n) is 3.42. The van der Waals surface area contributed by atoms with Crippen LogP contribution in [0, 0.1) is 0 Å². The number of carbonyl (C=O) groups is 2. The van der Waals surface area contributed by atoms with Gasteiger partial charge in [-0.1, -0.05) is 6.92 Å². The van der Waals surface area contributed by atoms with Gasteiger partial charge >= 0.3 is 5.69 Å². The maximum absolute atomic E-state index is 13.3. The summed E-state index contributed by atoms with van der Waals surface area (Å²) in [5, 5.41) is 1.83. The number of pyridine rings is 1. The minimum absolute atomic E-state index is 0.00203. The van der Waals surface area contributed by atoms with Gasteiger partial charge < -0.3 is 0 Å². The van der Waals surface area contributed by atoms with Crippen molar-refractivity contribution in [3.8, 4) is 0 Å². The van der Waals surface area contributed by atoms with E-state index in [-0.39, 0.29) is 33.5 Å². The van der Waals surface area contributed by atoms with Crippen molar-refractivity contribution < 1.29 is 9.59 Å². The number of hydrogen-bond acceptors (Lipinski definition) is 6. The molecule has 0 atom stereocenters. The number of rotatable bonds is 2. The fourth-order valence-corrected chi connectivity index (χ4v) is 4.87. The number of fused-ring (bicyclic) bond motifs is 3. The molecule has 28 heavy (non-hydrogen) atoms. The third-order valence-electron chi connectivity index (χ3n) is 4.82. The van der Waals surface area contributed by atoms with Gasteiger partial charge in [-0.2, -0.15) is 0 Å². The molecule has 9 heteroatoms. The molecule has 0 radical (unpaired) electrons. The molecule has 4 rings (SSSR count). The minimum atomic E-state index is -0.638. The van der Waals surface area contributed by atoms with Crippen LogP contribution in [0.2, 0.25) is 0 Å². The van der Waals surface area contributed by atoms with Gasteiger partial charge in [0.15, 0.2) is 11.6 Å². The van der Waals surface area contributed by atoms with Gasteiger partial charge in [0.25, 0.3) is 5.56 Å². The van der Waals surface area contributed by atoms with Crippen LogP contribution < -0.4 is 11.2 Å². The molecule has 3 aromatic rings. The monoisotopic (exact) mass is 459 g/mol. The standard InChI is InChI=1S/C19H14BrN3O4S/c1-4-10-13-14(15-17(21-10)22(2)19(27)23(3)18(15)26)11(24)6-9(16(13)25)12-5-8(20)7-28-12/h5-7H,4H2,1-3H3. The summed E-state index contributed by atoms with van der Waals surface area (Å²) in [4.78, 5) is 56.5. The summed E-state index contributed by atoms with van der Waals surface area (Å²) in [5.41, 5.74) is -0.209. The summed E-state index contributed by atoms with van der Waals surface area (Å²) in [6.45, 7) is 1.81. The van der Waals surface area contributed by atoms with E-state index in [2.05, 4.69) is 20.9 Å². The number of aromatic nitrogens is 3. The van der Waals surface area contributed by atoms with Crippen molar-refractivity contribution in [3.63, 3.8) is 0 Å². The summed E-state index contributed by atoms with van der Waals surface area (Å²) < 4.78 is 2.96. The fraction of sp³-hybridized carbons (Fsp3) is 0.211. The van der Waals surface area contributed by atoms with Crippen LogP contribution in [-0.4, -0.2) is 25.7 Å². The maximum atomic E-state index is 13.3. The van der Waals surface area contributed by atoms with Gasteiger partial charge in [-0.3, -0.25) is 23.5 Å². The Bertz CT molecular complexity index is 1360. The van der Waals surface area contributed by atoms with Gasteiger partial charge in [-0.25, -0.2) is 9.78 Å². The highest BCUT2D eigenvalue weighted by atomic mass is 79.9. The van der Waals surface area contributed by atoms with Crippen LogP contribution in [0.25, 0.3) is 16.6 Å². The Hall–Kier alpha value is -2.65. The van der Waals surface area contributed by atoms with Gasteiger partial charge in [0.2, 0.25) is 0 Å². The van der Waals surface area contributed by atoms with Crippen LogP contribution in [0.5, 0.6) is 0 Å². The predicted molar refractivity (Wildman–Crippen MR) is 110 cm³/mol. The predicted octanol–water partition coefficient (Wildman–Crippen LogP) is 2.48. The molecule has 0 fully saturated rings. The SMILES string of the molecule is CCc1nc2c(c3c1C(=O)C(c1cc(Br)cs1)=CC3=O)c(=O)n(C)c(=O)n2C. The minimum Gasteiger partial charge on any atom is -0.289 e. The summed E-state index contributed by atoms with van der Waals surface area (Å²) >= 11 is 4.70. The molecule has 0 saturated carbocycles. The Labute approximate surface area is 171 Å². The lowest BCUT2D eigenvalue weighted by atomic mass is 9.85. The first kappa shape index (κ1) is 18.7. The number of thiophene rings is 1. The third kappa shape index (κ3) is 2.50. The molecule has 0 amide bonds. The van der Waals surface area contributed by atoms with Gasteiger partial charge in [0, 0.05) is 34.4 Å². The molecule has 3 aromatic heterocycles. The highest BCUT2D eigenvalue weighted by molar-refractivity contribution is 9.10. The number of allylic oxidation sites excluding steroid dienone is 2. The Morgan fingerprint density at radius 2 is 1.82 bits per heavy atom. The first-order valence-electron chi connectivity index (χ1n) is 8.44. The van der Waals surface area contributed by atoms with Crippen molar-refractivity contribution in [2.45, 2.75) is 13.3 Å². The van der Waals surface area contributed by atoms with E-state index in [1.807, 2.05) is 12.3 Å². The van der Waals surface area contributed by atoms with E-state index in [0.29, 0.717) is 17.0 Å². The topological polar surface area (TPSA) is 91.0 Å². The van der Waals surface area contributed by atoms with Gasteiger partial charge in [-0.05, 0) is 34.5 Å². The summed E-state index contributed by atoms with van der Waals surface area (Å²) in [5.74, 6) is -0.780. The Morgan fingerprint density at radius 1 is 1.11 bits per heavy atom. The smallest absolute Gasteiger partial charge is 0.289 e. The van der Waals surface area contributed by atoms with Crippen molar-refractivity contribution in [2.24, 2.45) is 14.1 Å². The molecule has 1 aliphatic carbocycles. The first-order valence-corrected chi connectivity index (χ1v) is 10.1. The van der Waals surface area contributed by atoms with Crippen LogP contribution >= 0.6 is 27.3 Å². The Kier molecular flexibility index (Phi) is 4.31. The number of nitrogens with zero attached hydrogens (tertiary/aromatic N) is 3. The van der Waals surface area contributed by atoms with Gasteiger partial charge in [0.05, 0.1) is 22.2 Å². The first-order chi connectivity index (χ1) is 13.3. The second-order valence-electron chi connectivity index (χ2n) is 6.45. The molecule has 0 unspecified atom stereocenters. The molecular formula is C19H14BrN3O4S. The molecular weight excluding hydrogens is 446 g/mol. The number of halogens is 1. The quantitative estimate of drug-likeness (QED) is 0.586. The van der Waals surface area contributed by atoms with Crippen molar-refractivity contribution >= 4 is 55.4 Å². The number of aryl methyl sites for hydroxylation is 2. The average molecular weight is 460 g/mol. The summed E-state index contributed by atoms with van der Waals surface area (Å²) in [6.07, 6.45) is 1.65. The zero-order valence-corrected chi connectivity index (χ0v) is 17.6. The number of carbonyl (C=O) groups excluding carboxylic acids is 2. The van der Waals surface area contributed by atoms with Crippen LogP contribution in [-0.2, 0) is 20.5 Å². The number of ketones is 2. The van der Waals surface area contributed by atoms with E-state index < -0.39 is 17.0 Å². The molecule has 0 N–H and O–H groups in total. The number of hydrogen-bond donors (Lipinski definition) is 0. The van der Waals surface area contributed by atoms with Crippen molar-refractivity contribution in [1.29, 1.82) is 0 Å². The third-order valence-corrected chi connectivity index (χ3v) is 6.55. The van der Waals surface area contributed by atoms with E-state index in [1.165, 1.54) is 36.1 Å². The van der Waals surface area contributed by atoms with E-state index in [1.54, 1.807) is 6.07 Å². The number of Topliss-reactive ketones (excluding diaryl/α,β-unsaturated/α-hetero) is 1. The van der Waals surface area contributed by atoms with Crippen LogP contribution in [0.4, 0.5) is 0 Å². The Balaban J connectivity index is 2.15. The largest absolute Gasteiger partial charge is 0.332 e. The van der Waals surface area contributed by atoms with E-state index in [0.717, 1.165) is 9.04 Å². The molecule has 0 saturated heterocycles. The normalized spacial score (nSPS) is 13.8. The van der Waals surface area contributed by atoms with Crippen molar-refractivity contribution in [1.82, 2.24) is 14.1 Å². The zero-order chi connectivity index (χ0) is 20.3.